The Morgan fingerprint density at radius 3 is 2.43 bits per heavy atom. The van der Waals surface area contributed by atoms with Crippen LogP contribution in [-0.4, -0.2) is 4.98 Å². The fourth-order valence-electron chi connectivity index (χ4n) is 1.17. The topological polar surface area (TPSA) is 12.9 Å². The van der Waals surface area contributed by atoms with Gasteiger partial charge in [0.1, 0.15) is 0 Å². The van der Waals surface area contributed by atoms with Crippen LogP contribution in [0.5, 0.6) is 0 Å². The van der Waals surface area contributed by atoms with E-state index in [9.17, 15) is 13.2 Å². The molecule has 0 saturated heterocycles. The van der Waals surface area contributed by atoms with Gasteiger partial charge in [0.25, 0.3) is 0 Å². The second-order valence-corrected chi connectivity index (χ2v) is 4.49. The molecule has 0 aliphatic heterocycles. The molecule has 0 radical (unpaired) electrons. The molecule has 5 heteroatoms. The molecular weight excluding hydrogens is 211 g/mol. The van der Waals surface area contributed by atoms with Gasteiger partial charge in [-0.2, -0.15) is 13.2 Å². The van der Waals surface area contributed by atoms with E-state index in [-0.39, 0.29) is 5.92 Å². The van der Waals surface area contributed by atoms with E-state index < -0.39 is 11.9 Å². The quantitative estimate of drug-likeness (QED) is 0.738. The zero-order valence-electron chi connectivity index (χ0n) is 8.27. The van der Waals surface area contributed by atoms with Crippen molar-refractivity contribution in [2.45, 2.75) is 39.3 Å². The minimum absolute atomic E-state index is 0.0715. The van der Waals surface area contributed by atoms with Gasteiger partial charge in [0.05, 0.1) is 5.01 Å². The molecule has 0 saturated carbocycles. The van der Waals surface area contributed by atoms with E-state index in [1.54, 1.807) is 13.8 Å². The summed E-state index contributed by atoms with van der Waals surface area (Å²) < 4.78 is 37.5. The van der Waals surface area contributed by atoms with Crippen LogP contribution in [-0.2, 0) is 6.18 Å². The second kappa shape index (κ2) is 3.88. The summed E-state index contributed by atoms with van der Waals surface area (Å²) in [6.45, 7) is 5.27. The van der Waals surface area contributed by atoms with Crippen LogP contribution in [0.1, 0.15) is 41.8 Å². The summed E-state index contributed by atoms with van der Waals surface area (Å²) in [5.74, 6) is -0.0715. The number of halogens is 3. The van der Waals surface area contributed by atoms with Crippen LogP contribution in [0.3, 0.4) is 0 Å². The lowest BCUT2D eigenvalue weighted by molar-refractivity contribution is -0.141. The van der Waals surface area contributed by atoms with Crippen molar-refractivity contribution in [3.05, 3.63) is 15.6 Å². The van der Waals surface area contributed by atoms with Gasteiger partial charge >= 0.3 is 6.18 Å². The SMILES string of the molecule is CCC(C)c1sc(C)nc1C(F)(F)F. The zero-order chi connectivity index (χ0) is 10.9. The first-order chi connectivity index (χ1) is 6.36. The van der Waals surface area contributed by atoms with E-state index in [0.29, 0.717) is 16.3 Å². The van der Waals surface area contributed by atoms with Crippen LogP contribution in [0.2, 0.25) is 0 Å². The van der Waals surface area contributed by atoms with Crippen molar-refractivity contribution in [1.82, 2.24) is 4.98 Å². The highest BCUT2D eigenvalue weighted by Gasteiger charge is 2.37. The van der Waals surface area contributed by atoms with Crippen molar-refractivity contribution >= 4 is 11.3 Å². The summed E-state index contributed by atoms with van der Waals surface area (Å²) in [6.07, 6.45) is -3.62. The first-order valence-electron chi connectivity index (χ1n) is 4.40. The number of hydrogen-bond donors (Lipinski definition) is 0. The Balaban J connectivity index is 3.16. The van der Waals surface area contributed by atoms with Gasteiger partial charge in [-0.05, 0) is 19.3 Å². The van der Waals surface area contributed by atoms with E-state index in [4.69, 9.17) is 0 Å². The highest BCUT2D eigenvalue weighted by Crippen LogP contribution is 2.38. The number of nitrogens with zero attached hydrogens (tertiary/aromatic N) is 1. The van der Waals surface area contributed by atoms with Crippen LogP contribution in [0, 0.1) is 6.92 Å². The van der Waals surface area contributed by atoms with E-state index in [2.05, 4.69) is 4.98 Å². The van der Waals surface area contributed by atoms with Gasteiger partial charge in [-0.3, -0.25) is 0 Å². The minimum atomic E-state index is -4.32. The third-order valence-electron chi connectivity index (χ3n) is 2.09. The van der Waals surface area contributed by atoms with Crippen LogP contribution in [0.25, 0.3) is 0 Å². The second-order valence-electron chi connectivity index (χ2n) is 3.25. The lowest BCUT2D eigenvalue weighted by atomic mass is 10.1. The molecule has 1 nitrogen and oxygen atoms in total. The lowest BCUT2D eigenvalue weighted by Crippen LogP contribution is -2.09. The van der Waals surface area contributed by atoms with Crippen molar-refractivity contribution in [3.63, 3.8) is 0 Å². The van der Waals surface area contributed by atoms with Crippen molar-refractivity contribution in [3.8, 4) is 0 Å². The molecule has 14 heavy (non-hydrogen) atoms. The smallest absolute Gasteiger partial charge is 0.237 e. The summed E-state index contributed by atoms with van der Waals surface area (Å²) in [7, 11) is 0. The summed E-state index contributed by atoms with van der Waals surface area (Å²) in [5.41, 5.74) is -0.700. The summed E-state index contributed by atoms with van der Waals surface area (Å²) in [4.78, 5) is 3.90. The third kappa shape index (κ3) is 2.26. The molecule has 80 valence electrons. The normalized spacial score (nSPS) is 14.4. The van der Waals surface area contributed by atoms with Gasteiger partial charge in [-0.15, -0.1) is 11.3 Å². The van der Waals surface area contributed by atoms with Gasteiger partial charge in [0.15, 0.2) is 5.69 Å². The lowest BCUT2D eigenvalue weighted by Gasteiger charge is -2.10. The molecule has 0 aliphatic carbocycles. The molecule has 0 aliphatic rings. The Kier molecular flexibility index (Phi) is 3.19. The number of aromatic nitrogens is 1. The molecule has 0 amide bonds. The molecule has 0 fully saturated rings. The fourth-order valence-corrected chi connectivity index (χ4v) is 2.25. The predicted molar refractivity (Wildman–Crippen MR) is 50.6 cm³/mol. The Morgan fingerprint density at radius 2 is 2.00 bits per heavy atom. The van der Waals surface area contributed by atoms with Crippen molar-refractivity contribution in [2.24, 2.45) is 0 Å². The number of thiazole rings is 1. The van der Waals surface area contributed by atoms with Gasteiger partial charge in [-0.1, -0.05) is 13.8 Å². The highest BCUT2D eigenvalue weighted by molar-refractivity contribution is 7.11. The Hall–Kier alpha value is -0.580. The maximum atomic E-state index is 12.5. The van der Waals surface area contributed by atoms with Crippen molar-refractivity contribution in [1.29, 1.82) is 0 Å². The number of alkyl halides is 3. The molecule has 1 heterocycles. The highest BCUT2D eigenvalue weighted by atomic mass is 32.1. The van der Waals surface area contributed by atoms with E-state index in [1.807, 2.05) is 6.92 Å². The average molecular weight is 223 g/mol. The van der Waals surface area contributed by atoms with Gasteiger partial charge in [-0.25, -0.2) is 4.98 Å². The standard InChI is InChI=1S/C9H12F3NS/c1-4-5(2)7-8(9(10,11)12)13-6(3)14-7/h5H,4H2,1-3H3. The van der Waals surface area contributed by atoms with Crippen LogP contribution < -0.4 is 0 Å². The predicted octanol–water partition coefficient (Wildman–Crippen LogP) is 3.98. The van der Waals surface area contributed by atoms with Crippen LogP contribution in [0.4, 0.5) is 13.2 Å². The van der Waals surface area contributed by atoms with Crippen molar-refractivity contribution in [2.75, 3.05) is 0 Å². The molecule has 1 unspecified atom stereocenters. The molecule has 0 spiro atoms. The molecule has 1 atom stereocenters. The zero-order valence-corrected chi connectivity index (χ0v) is 9.09. The van der Waals surface area contributed by atoms with E-state index >= 15 is 0 Å². The monoisotopic (exact) mass is 223 g/mol. The molecular formula is C9H12F3NS. The molecule has 0 N–H and O–H groups in total. The summed E-state index contributed by atoms with van der Waals surface area (Å²) >= 11 is 1.14. The van der Waals surface area contributed by atoms with Gasteiger partial charge in [0, 0.05) is 4.88 Å². The average Bonchev–Trinajstić information content (AvgIpc) is 2.45. The van der Waals surface area contributed by atoms with E-state index in [1.165, 1.54) is 0 Å². The number of hydrogen-bond acceptors (Lipinski definition) is 2. The van der Waals surface area contributed by atoms with E-state index in [0.717, 1.165) is 11.3 Å². The third-order valence-corrected chi connectivity index (χ3v) is 3.29. The Labute approximate surface area is 85.0 Å². The number of rotatable bonds is 2. The summed E-state index contributed by atoms with van der Waals surface area (Å²) in [6, 6.07) is 0. The summed E-state index contributed by atoms with van der Waals surface area (Å²) in [5, 5.41) is 0.479. The maximum absolute atomic E-state index is 12.5. The fraction of sp³-hybridized carbons (Fsp3) is 0.667. The Morgan fingerprint density at radius 1 is 1.43 bits per heavy atom. The first-order valence-corrected chi connectivity index (χ1v) is 5.22. The minimum Gasteiger partial charge on any atom is -0.237 e. The van der Waals surface area contributed by atoms with Gasteiger partial charge in [0.2, 0.25) is 0 Å². The Bertz CT molecular complexity index is 316. The molecule has 0 aromatic carbocycles. The number of aryl methyl sites for hydroxylation is 1. The van der Waals surface area contributed by atoms with Crippen LogP contribution >= 0.6 is 11.3 Å². The van der Waals surface area contributed by atoms with Crippen LogP contribution in [0.15, 0.2) is 0 Å². The molecule has 1 aromatic heterocycles. The largest absolute Gasteiger partial charge is 0.434 e. The maximum Gasteiger partial charge on any atom is 0.434 e. The first kappa shape index (κ1) is 11.5. The van der Waals surface area contributed by atoms with Gasteiger partial charge < -0.3 is 0 Å². The molecule has 1 aromatic rings. The molecule has 1 rings (SSSR count). The molecule has 0 bridgehead atoms. The van der Waals surface area contributed by atoms with Crippen molar-refractivity contribution < 1.29 is 13.2 Å².